The van der Waals surface area contributed by atoms with Gasteiger partial charge in [-0.15, -0.1) is 0 Å². The first kappa shape index (κ1) is 14.3. The summed E-state index contributed by atoms with van der Waals surface area (Å²) in [5.41, 5.74) is 1.47. The van der Waals surface area contributed by atoms with Crippen molar-refractivity contribution in [2.75, 3.05) is 26.3 Å². The quantitative estimate of drug-likeness (QED) is 0.724. The van der Waals surface area contributed by atoms with Gasteiger partial charge in [-0.3, -0.25) is 0 Å². The molecule has 2 N–H and O–H groups in total. The van der Waals surface area contributed by atoms with Gasteiger partial charge in [-0.2, -0.15) is 0 Å². The topological polar surface area (TPSA) is 59.6 Å². The molecule has 1 saturated heterocycles. The second-order valence-electron chi connectivity index (χ2n) is 5.27. The molecule has 5 nitrogen and oxygen atoms in total. The standard InChI is InChI=1S/C14H24N2O3/c1-14(18-10-11-19-14)7-9-16-13(17)15-8-6-12-4-2-3-5-12/h4H,2-3,5-11H2,1H3,(H2,15,16,17). The fraction of sp³-hybridized carbons (Fsp3) is 0.786. The van der Waals surface area contributed by atoms with E-state index in [1.807, 2.05) is 6.92 Å². The molecule has 0 atom stereocenters. The lowest BCUT2D eigenvalue weighted by molar-refractivity contribution is -0.145. The highest BCUT2D eigenvalue weighted by molar-refractivity contribution is 5.73. The average molecular weight is 268 g/mol. The molecule has 1 aliphatic carbocycles. The zero-order valence-electron chi connectivity index (χ0n) is 11.7. The number of ether oxygens (including phenoxy) is 2. The van der Waals surface area contributed by atoms with Crippen molar-refractivity contribution in [3.8, 4) is 0 Å². The Kier molecular flexibility index (Phi) is 5.22. The minimum absolute atomic E-state index is 0.111. The van der Waals surface area contributed by atoms with E-state index in [2.05, 4.69) is 16.7 Å². The van der Waals surface area contributed by atoms with Crippen molar-refractivity contribution in [2.24, 2.45) is 0 Å². The third-order valence-corrected chi connectivity index (χ3v) is 3.63. The Hall–Kier alpha value is -1.07. The van der Waals surface area contributed by atoms with E-state index in [0.717, 1.165) is 6.42 Å². The van der Waals surface area contributed by atoms with Crippen molar-refractivity contribution in [1.82, 2.24) is 10.6 Å². The van der Waals surface area contributed by atoms with E-state index in [1.54, 1.807) is 0 Å². The minimum atomic E-state index is -0.526. The van der Waals surface area contributed by atoms with Gasteiger partial charge in [0, 0.05) is 19.5 Å². The van der Waals surface area contributed by atoms with Crippen LogP contribution >= 0.6 is 0 Å². The van der Waals surface area contributed by atoms with Gasteiger partial charge in [0.05, 0.1) is 13.2 Å². The van der Waals surface area contributed by atoms with Crippen molar-refractivity contribution in [3.05, 3.63) is 11.6 Å². The number of nitrogens with one attached hydrogen (secondary N) is 2. The Bertz CT molecular complexity index is 336. The van der Waals surface area contributed by atoms with Gasteiger partial charge < -0.3 is 20.1 Å². The second kappa shape index (κ2) is 6.91. The van der Waals surface area contributed by atoms with Crippen LogP contribution in [0.5, 0.6) is 0 Å². The second-order valence-corrected chi connectivity index (χ2v) is 5.27. The van der Waals surface area contributed by atoms with E-state index in [9.17, 15) is 4.79 Å². The number of urea groups is 1. The summed E-state index contributed by atoms with van der Waals surface area (Å²) in [7, 11) is 0. The number of hydrogen-bond acceptors (Lipinski definition) is 3. The van der Waals surface area contributed by atoms with Gasteiger partial charge in [0.1, 0.15) is 0 Å². The van der Waals surface area contributed by atoms with Crippen molar-refractivity contribution < 1.29 is 14.3 Å². The number of allylic oxidation sites excluding steroid dienone is 1. The summed E-state index contributed by atoms with van der Waals surface area (Å²) in [5, 5.41) is 5.71. The molecule has 2 rings (SSSR count). The van der Waals surface area contributed by atoms with Crippen LogP contribution in [0.15, 0.2) is 11.6 Å². The normalized spacial score (nSPS) is 21.2. The van der Waals surface area contributed by atoms with Crippen molar-refractivity contribution in [3.63, 3.8) is 0 Å². The van der Waals surface area contributed by atoms with Gasteiger partial charge in [0.2, 0.25) is 0 Å². The summed E-state index contributed by atoms with van der Waals surface area (Å²) in [6.45, 7) is 4.45. The molecule has 2 amide bonds. The first-order valence-electron chi connectivity index (χ1n) is 7.15. The third kappa shape index (κ3) is 4.84. The van der Waals surface area contributed by atoms with Crippen LogP contribution in [0.2, 0.25) is 0 Å². The number of hydrogen-bond donors (Lipinski definition) is 2. The molecule has 1 fully saturated rings. The summed E-state index contributed by atoms with van der Waals surface area (Å²) >= 11 is 0. The fourth-order valence-electron chi connectivity index (χ4n) is 2.47. The first-order chi connectivity index (χ1) is 9.18. The van der Waals surface area contributed by atoms with Crippen LogP contribution in [0, 0.1) is 0 Å². The number of carbonyl (C=O) groups is 1. The Labute approximate surface area is 114 Å². The molecule has 0 unspecified atom stereocenters. The highest BCUT2D eigenvalue weighted by Gasteiger charge is 2.30. The predicted octanol–water partition coefficient (Wildman–Crippen LogP) is 1.94. The van der Waals surface area contributed by atoms with Crippen LogP contribution in [0.3, 0.4) is 0 Å². The molecule has 0 radical (unpaired) electrons. The maximum Gasteiger partial charge on any atom is 0.314 e. The predicted molar refractivity (Wildman–Crippen MR) is 72.9 cm³/mol. The largest absolute Gasteiger partial charge is 0.348 e. The molecule has 5 heteroatoms. The summed E-state index contributed by atoms with van der Waals surface area (Å²) in [4.78, 5) is 11.6. The van der Waals surface area contributed by atoms with Gasteiger partial charge in [-0.1, -0.05) is 11.6 Å². The Morgan fingerprint density at radius 3 is 2.74 bits per heavy atom. The lowest BCUT2D eigenvalue weighted by Gasteiger charge is -2.22. The maximum atomic E-state index is 11.6. The van der Waals surface area contributed by atoms with E-state index >= 15 is 0 Å². The van der Waals surface area contributed by atoms with Crippen LogP contribution < -0.4 is 10.6 Å². The maximum absolute atomic E-state index is 11.6. The van der Waals surface area contributed by atoms with Crippen molar-refractivity contribution in [1.29, 1.82) is 0 Å². The first-order valence-corrected chi connectivity index (χ1v) is 7.15. The molecule has 0 aromatic carbocycles. The van der Waals surface area contributed by atoms with Crippen LogP contribution in [-0.2, 0) is 9.47 Å². The molecule has 1 heterocycles. The molecule has 0 aromatic heterocycles. The SMILES string of the molecule is CC1(CCNC(=O)NCCC2=CCCC2)OCCO1. The molecule has 108 valence electrons. The monoisotopic (exact) mass is 268 g/mol. The van der Waals surface area contributed by atoms with Crippen LogP contribution in [0.25, 0.3) is 0 Å². The van der Waals surface area contributed by atoms with E-state index < -0.39 is 5.79 Å². The van der Waals surface area contributed by atoms with Crippen molar-refractivity contribution in [2.45, 2.75) is 44.8 Å². The average Bonchev–Trinajstić information content (AvgIpc) is 3.01. The van der Waals surface area contributed by atoms with Crippen LogP contribution in [-0.4, -0.2) is 38.1 Å². The highest BCUT2D eigenvalue weighted by Crippen LogP contribution is 2.21. The van der Waals surface area contributed by atoms with E-state index in [-0.39, 0.29) is 6.03 Å². The third-order valence-electron chi connectivity index (χ3n) is 3.63. The molecular weight excluding hydrogens is 244 g/mol. The number of rotatable bonds is 6. The Balaban J connectivity index is 1.52. The highest BCUT2D eigenvalue weighted by atomic mass is 16.7. The van der Waals surface area contributed by atoms with E-state index in [0.29, 0.717) is 32.7 Å². The summed E-state index contributed by atoms with van der Waals surface area (Å²) in [6.07, 6.45) is 7.58. The molecule has 0 aromatic rings. The summed E-state index contributed by atoms with van der Waals surface area (Å²) < 4.78 is 10.9. The molecule has 19 heavy (non-hydrogen) atoms. The van der Waals surface area contributed by atoms with Gasteiger partial charge in [-0.05, 0) is 32.6 Å². The van der Waals surface area contributed by atoms with Gasteiger partial charge in [0.15, 0.2) is 5.79 Å². The summed E-state index contributed by atoms with van der Waals surface area (Å²) in [5.74, 6) is -0.526. The Morgan fingerprint density at radius 1 is 1.32 bits per heavy atom. The minimum Gasteiger partial charge on any atom is -0.348 e. The van der Waals surface area contributed by atoms with Crippen LogP contribution in [0.4, 0.5) is 4.79 Å². The van der Waals surface area contributed by atoms with Crippen molar-refractivity contribution >= 4 is 6.03 Å². The molecular formula is C14H24N2O3. The Morgan fingerprint density at radius 2 is 2.05 bits per heavy atom. The lowest BCUT2D eigenvalue weighted by atomic mass is 10.2. The van der Waals surface area contributed by atoms with Crippen LogP contribution in [0.1, 0.15) is 39.0 Å². The van der Waals surface area contributed by atoms with Gasteiger partial charge in [0.25, 0.3) is 0 Å². The molecule has 0 bridgehead atoms. The molecule has 1 aliphatic heterocycles. The lowest BCUT2D eigenvalue weighted by Crippen LogP contribution is -2.39. The van der Waals surface area contributed by atoms with E-state index in [4.69, 9.17) is 9.47 Å². The zero-order chi connectivity index (χ0) is 13.6. The number of carbonyl (C=O) groups excluding carboxylic acids is 1. The number of amides is 2. The molecule has 0 saturated carbocycles. The zero-order valence-corrected chi connectivity index (χ0v) is 11.7. The van der Waals surface area contributed by atoms with E-state index in [1.165, 1.54) is 24.8 Å². The summed E-state index contributed by atoms with van der Waals surface area (Å²) in [6, 6.07) is -0.111. The van der Waals surface area contributed by atoms with Gasteiger partial charge in [-0.25, -0.2) is 4.79 Å². The smallest absolute Gasteiger partial charge is 0.314 e. The van der Waals surface area contributed by atoms with Gasteiger partial charge >= 0.3 is 6.03 Å². The molecule has 2 aliphatic rings. The molecule has 0 spiro atoms. The fourth-order valence-corrected chi connectivity index (χ4v) is 2.47.